The highest BCUT2D eigenvalue weighted by Crippen LogP contribution is 2.23. The zero-order chi connectivity index (χ0) is 13.8. The van der Waals surface area contributed by atoms with Crippen molar-refractivity contribution in [2.45, 2.75) is 25.0 Å². The lowest BCUT2D eigenvalue weighted by Crippen LogP contribution is -2.37. The Bertz CT molecular complexity index is 510. The summed E-state index contributed by atoms with van der Waals surface area (Å²) in [6.45, 7) is 0.442. The van der Waals surface area contributed by atoms with Crippen molar-refractivity contribution in [2.75, 3.05) is 18.5 Å². The molecule has 2 unspecified atom stereocenters. The zero-order valence-electron chi connectivity index (χ0n) is 10.9. The first-order chi connectivity index (χ1) is 9.15. The van der Waals surface area contributed by atoms with Gasteiger partial charge in [-0.3, -0.25) is 4.79 Å². The van der Waals surface area contributed by atoms with Crippen LogP contribution in [0, 0.1) is 11.3 Å². The molecular weight excluding hydrogens is 242 g/mol. The fourth-order valence-electron chi connectivity index (χ4n) is 2.19. The molecule has 0 aliphatic carbocycles. The van der Waals surface area contributed by atoms with E-state index in [1.807, 2.05) is 0 Å². The predicted molar refractivity (Wildman–Crippen MR) is 71.5 cm³/mol. The van der Waals surface area contributed by atoms with Crippen molar-refractivity contribution < 1.29 is 9.53 Å². The smallest absolute Gasteiger partial charge is 0.255 e. The number of ether oxygens (including phenoxy) is 1. The highest BCUT2D eigenvalue weighted by molar-refractivity contribution is 5.96. The Kier molecular flexibility index (Phi) is 4.15. The number of amides is 1. The number of carbonyl (C=O) groups excluding carboxylic acids is 1. The lowest BCUT2D eigenvalue weighted by Gasteiger charge is -2.21. The van der Waals surface area contributed by atoms with Crippen molar-refractivity contribution in [2.24, 2.45) is 5.73 Å². The van der Waals surface area contributed by atoms with Crippen LogP contribution in [0.4, 0.5) is 5.69 Å². The molecule has 0 spiro atoms. The Labute approximate surface area is 112 Å². The number of benzene rings is 1. The molecular formula is C14H17N3O2. The number of nitrogens with two attached hydrogens (primary N) is 1. The molecule has 5 nitrogen and oxygen atoms in total. The largest absolute Gasteiger partial charge is 0.364 e. The number of nitrogens with zero attached hydrogens (tertiary/aromatic N) is 2. The van der Waals surface area contributed by atoms with Gasteiger partial charge in [0.2, 0.25) is 0 Å². The summed E-state index contributed by atoms with van der Waals surface area (Å²) in [5, 5.41) is 8.87. The molecule has 0 radical (unpaired) electrons. The van der Waals surface area contributed by atoms with Crippen molar-refractivity contribution in [1.82, 2.24) is 0 Å². The third-order valence-corrected chi connectivity index (χ3v) is 3.34. The second kappa shape index (κ2) is 5.83. The molecule has 1 aliphatic rings. The second-order valence-electron chi connectivity index (χ2n) is 4.62. The summed E-state index contributed by atoms with van der Waals surface area (Å²) >= 11 is 0. The maximum absolute atomic E-state index is 12.3. The number of anilines is 1. The normalized spacial score (nSPS) is 21.9. The molecule has 2 atom stereocenters. The van der Waals surface area contributed by atoms with Gasteiger partial charge >= 0.3 is 0 Å². The van der Waals surface area contributed by atoms with Gasteiger partial charge in [-0.2, -0.15) is 5.26 Å². The van der Waals surface area contributed by atoms with Gasteiger partial charge in [0.1, 0.15) is 6.10 Å². The van der Waals surface area contributed by atoms with Gasteiger partial charge < -0.3 is 15.4 Å². The van der Waals surface area contributed by atoms with Gasteiger partial charge in [0.25, 0.3) is 5.91 Å². The van der Waals surface area contributed by atoms with E-state index in [-0.39, 0.29) is 12.0 Å². The third kappa shape index (κ3) is 2.92. The second-order valence-corrected chi connectivity index (χ2v) is 4.62. The molecule has 1 aromatic rings. The Morgan fingerprint density at radius 3 is 3.00 bits per heavy atom. The van der Waals surface area contributed by atoms with E-state index < -0.39 is 6.10 Å². The monoisotopic (exact) mass is 259 g/mol. The lowest BCUT2D eigenvalue weighted by atomic mass is 10.1. The van der Waals surface area contributed by atoms with Crippen molar-refractivity contribution in [1.29, 1.82) is 5.26 Å². The van der Waals surface area contributed by atoms with Crippen LogP contribution in [0.5, 0.6) is 0 Å². The standard InChI is InChI=1S/C14H17N3O2/c1-17(11-4-2-3-10(7-11)8-15)14(18)13-6-5-12(9-16)19-13/h2-4,7,12-13H,5-6,9,16H2,1H3. The van der Waals surface area contributed by atoms with E-state index in [0.29, 0.717) is 24.2 Å². The molecule has 2 rings (SSSR count). The molecule has 1 fully saturated rings. The topological polar surface area (TPSA) is 79.3 Å². The minimum Gasteiger partial charge on any atom is -0.364 e. The molecule has 0 aromatic heterocycles. The first-order valence-electron chi connectivity index (χ1n) is 6.29. The average molecular weight is 259 g/mol. The lowest BCUT2D eigenvalue weighted by molar-refractivity contribution is -0.128. The molecule has 1 heterocycles. The van der Waals surface area contributed by atoms with E-state index in [1.54, 1.807) is 31.3 Å². The van der Waals surface area contributed by atoms with Gasteiger partial charge in [0, 0.05) is 19.3 Å². The van der Waals surface area contributed by atoms with Crippen molar-refractivity contribution in [3.8, 4) is 6.07 Å². The number of rotatable bonds is 3. The molecule has 0 bridgehead atoms. The quantitative estimate of drug-likeness (QED) is 0.879. The number of hydrogen-bond acceptors (Lipinski definition) is 4. The first kappa shape index (κ1) is 13.5. The van der Waals surface area contributed by atoms with E-state index in [2.05, 4.69) is 6.07 Å². The van der Waals surface area contributed by atoms with Crippen LogP contribution in [0.3, 0.4) is 0 Å². The van der Waals surface area contributed by atoms with Gasteiger partial charge in [-0.1, -0.05) is 6.07 Å². The van der Waals surface area contributed by atoms with Crippen LogP contribution < -0.4 is 10.6 Å². The number of nitriles is 1. The minimum atomic E-state index is -0.427. The highest BCUT2D eigenvalue weighted by atomic mass is 16.5. The summed E-state index contributed by atoms with van der Waals surface area (Å²) in [6.07, 6.45) is 1.07. The Morgan fingerprint density at radius 2 is 2.37 bits per heavy atom. The molecule has 19 heavy (non-hydrogen) atoms. The van der Waals surface area contributed by atoms with Gasteiger partial charge in [-0.15, -0.1) is 0 Å². The molecule has 2 N–H and O–H groups in total. The summed E-state index contributed by atoms with van der Waals surface area (Å²) in [7, 11) is 1.69. The third-order valence-electron chi connectivity index (χ3n) is 3.34. The summed E-state index contributed by atoms with van der Waals surface area (Å²) in [5.41, 5.74) is 6.77. The minimum absolute atomic E-state index is 0.0206. The van der Waals surface area contributed by atoms with Crippen LogP contribution in [0.2, 0.25) is 0 Å². The fourth-order valence-corrected chi connectivity index (χ4v) is 2.19. The summed E-state index contributed by atoms with van der Waals surface area (Å²) < 4.78 is 5.59. The first-order valence-corrected chi connectivity index (χ1v) is 6.29. The van der Waals surface area contributed by atoms with Crippen LogP contribution >= 0.6 is 0 Å². The highest BCUT2D eigenvalue weighted by Gasteiger charge is 2.32. The number of likely N-dealkylation sites (N-methyl/N-ethyl adjacent to an activating group) is 1. The van der Waals surface area contributed by atoms with Gasteiger partial charge in [-0.05, 0) is 31.0 Å². The summed E-state index contributed by atoms with van der Waals surface area (Å²) in [5.74, 6) is -0.0916. The van der Waals surface area contributed by atoms with Crippen LogP contribution in [0.1, 0.15) is 18.4 Å². The van der Waals surface area contributed by atoms with E-state index in [0.717, 1.165) is 6.42 Å². The van der Waals surface area contributed by atoms with E-state index in [4.69, 9.17) is 15.7 Å². The summed E-state index contributed by atoms with van der Waals surface area (Å²) in [4.78, 5) is 13.8. The van der Waals surface area contributed by atoms with Crippen molar-refractivity contribution in [3.63, 3.8) is 0 Å². The van der Waals surface area contributed by atoms with Crippen LogP contribution in [-0.2, 0) is 9.53 Å². The Hall–Kier alpha value is -1.90. The number of hydrogen-bond donors (Lipinski definition) is 1. The zero-order valence-corrected chi connectivity index (χ0v) is 10.9. The number of carbonyl (C=O) groups is 1. The van der Waals surface area contributed by atoms with Crippen LogP contribution in [0.25, 0.3) is 0 Å². The Balaban J connectivity index is 2.09. The maximum atomic E-state index is 12.3. The fraction of sp³-hybridized carbons (Fsp3) is 0.429. The van der Waals surface area contributed by atoms with Crippen molar-refractivity contribution >= 4 is 11.6 Å². The maximum Gasteiger partial charge on any atom is 0.255 e. The van der Waals surface area contributed by atoms with E-state index in [1.165, 1.54) is 4.90 Å². The van der Waals surface area contributed by atoms with Gasteiger partial charge in [-0.25, -0.2) is 0 Å². The Morgan fingerprint density at radius 1 is 1.58 bits per heavy atom. The molecule has 100 valence electrons. The molecule has 5 heteroatoms. The summed E-state index contributed by atoms with van der Waals surface area (Å²) in [6, 6.07) is 9.02. The molecule has 1 aliphatic heterocycles. The molecule has 0 saturated carbocycles. The SMILES string of the molecule is CN(C(=O)C1CCC(CN)O1)c1cccc(C#N)c1. The average Bonchev–Trinajstić information content (AvgIpc) is 2.94. The van der Waals surface area contributed by atoms with Crippen LogP contribution in [0.15, 0.2) is 24.3 Å². The molecule has 1 amide bonds. The van der Waals surface area contributed by atoms with Crippen molar-refractivity contribution in [3.05, 3.63) is 29.8 Å². The molecule has 1 aromatic carbocycles. The van der Waals surface area contributed by atoms with Gasteiger partial charge in [0.15, 0.2) is 0 Å². The molecule has 1 saturated heterocycles. The predicted octanol–water partition coefficient (Wildman–Crippen LogP) is 1.03. The van der Waals surface area contributed by atoms with Gasteiger partial charge in [0.05, 0.1) is 17.7 Å². The van der Waals surface area contributed by atoms with E-state index in [9.17, 15) is 4.79 Å². The van der Waals surface area contributed by atoms with Crippen LogP contribution in [-0.4, -0.2) is 31.7 Å². The van der Waals surface area contributed by atoms with E-state index >= 15 is 0 Å².